The van der Waals surface area contributed by atoms with Crippen LogP contribution in [0.25, 0.3) is 16.6 Å². The van der Waals surface area contributed by atoms with Gasteiger partial charge < -0.3 is 9.14 Å². The van der Waals surface area contributed by atoms with Crippen molar-refractivity contribution in [1.82, 2.24) is 24.6 Å². The molecule has 0 aliphatic heterocycles. The van der Waals surface area contributed by atoms with Crippen molar-refractivity contribution in [2.45, 2.75) is 13.3 Å². The topological polar surface area (TPSA) is 68.1 Å². The lowest BCUT2D eigenvalue weighted by atomic mass is 10.2. The van der Waals surface area contributed by atoms with Crippen molar-refractivity contribution in [2.24, 2.45) is 0 Å². The fraction of sp³-hybridized carbons (Fsp3) is 0.0952. The van der Waals surface area contributed by atoms with Gasteiger partial charge in [-0.15, -0.1) is 0 Å². The van der Waals surface area contributed by atoms with Crippen LogP contribution in [0.3, 0.4) is 0 Å². The average molecular weight is 469 g/mol. The number of aryl methyl sites for hydroxylation is 1. The number of nitrogens with one attached hydrogen (secondary N) is 1. The third-order valence-electron chi connectivity index (χ3n) is 4.73. The molecule has 29 heavy (non-hydrogen) atoms. The molecule has 5 rings (SSSR count). The number of fused-ring (bicyclic) bond motifs is 2. The largest absolute Gasteiger partial charge is 0.455 e. The van der Waals surface area contributed by atoms with Gasteiger partial charge in [0, 0.05) is 27.3 Å². The number of pyridine rings is 2. The number of rotatable bonds is 4. The number of aromatic nitrogens is 5. The van der Waals surface area contributed by atoms with E-state index in [0.717, 1.165) is 43.9 Å². The van der Waals surface area contributed by atoms with Crippen molar-refractivity contribution < 1.29 is 4.74 Å². The number of aromatic amines is 1. The van der Waals surface area contributed by atoms with E-state index in [9.17, 15) is 0 Å². The molecule has 1 N–H and O–H groups in total. The molecular weight excluding hydrogens is 454 g/mol. The molecule has 0 atom stereocenters. The Bertz CT molecular complexity index is 1340. The molecule has 4 aromatic heterocycles. The highest BCUT2D eigenvalue weighted by Crippen LogP contribution is 2.33. The smallest absolute Gasteiger partial charge is 0.155 e. The summed E-state index contributed by atoms with van der Waals surface area (Å²) in [5.41, 5.74) is 3.57. The second-order valence-electron chi connectivity index (χ2n) is 6.71. The summed E-state index contributed by atoms with van der Waals surface area (Å²) in [7, 11) is 0. The minimum atomic E-state index is 0.574. The highest BCUT2D eigenvalue weighted by atomic mass is 79.9. The first-order chi connectivity index (χ1) is 14.1. The summed E-state index contributed by atoms with van der Waals surface area (Å²) in [5.74, 6) is 2.27. The van der Waals surface area contributed by atoms with Crippen LogP contribution in [-0.2, 0) is 6.42 Å². The van der Waals surface area contributed by atoms with E-state index in [1.807, 2.05) is 54.0 Å². The van der Waals surface area contributed by atoms with Crippen LogP contribution < -0.4 is 4.74 Å². The lowest BCUT2D eigenvalue weighted by molar-refractivity contribution is 0.482. The maximum absolute atomic E-state index is 6.20. The Labute approximate surface area is 179 Å². The van der Waals surface area contributed by atoms with Gasteiger partial charge in [0.15, 0.2) is 11.4 Å². The second-order valence-corrected chi connectivity index (χ2v) is 8.06. The fourth-order valence-corrected chi connectivity index (χ4v) is 4.19. The summed E-state index contributed by atoms with van der Waals surface area (Å²) in [5, 5.41) is 8.99. The third-order valence-corrected chi connectivity index (χ3v) is 5.41. The van der Waals surface area contributed by atoms with E-state index < -0.39 is 0 Å². The lowest BCUT2D eigenvalue weighted by Crippen LogP contribution is -1.99. The van der Waals surface area contributed by atoms with E-state index in [0.29, 0.717) is 17.2 Å². The van der Waals surface area contributed by atoms with Crippen LogP contribution in [0.15, 0.2) is 59.5 Å². The zero-order chi connectivity index (χ0) is 20.0. The molecule has 0 fully saturated rings. The Balaban J connectivity index is 1.55. The Hall–Kier alpha value is -2.90. The van der Waals surface area contributed by atoms with Gasteiger partial charge in [0.25, 0.3) is 0 Å². The summed E-state index contributed by atoms with van der Waals surface area (Å²) in [6.45, 7) is 2.01. The van der Waals surface area contributed by atoms with E-state index in [4.69, 9.17) is 16.3 Å². The monoisotopic (exact) mass is 467 g/mol. The summed E-state index contributed by atoms with van der Waals surface area (Å²) >= 11 is 9.62. The first-order valence-electron chi connectivity index (χ1n) is 8.96. The van der Waals surface area contributed by atoms with E-state index >= 15 is 0 Å². The quantitative estimate of drug-likeness (QED) is 0.367. The van der Waals surface area contributed by atoms with Crippen LogP contribution in [0.2, 0.25) is 5.02 Å². The van der Waals surface area contributed by atoms with Gasteiger partial charge in [0.2, 0.25) is 0 Å². The van der Waals surface area contributed by atoms with Gasteiger partial charge in [-0.3, -0.25) is 5.10 Å². The number of halogens is 2. The van der Waals surface area contributed by atoms with E-state index in [2.05, 4.69) is 36.1 Å². The van der Waals surface area contributed by atoms with Crippen LogP contribution in [0.5, 0.6) is 11.5 Å². The molecule has 6 nitrogen and oxygen atoms in total. The van der Waals surface area contributed by atoms with Crippen LogP contribution in [0, 0.1) is 6.92 Å². The molecule has 144 valence electrons. The molecule has 0 aliphatic rings. The van der Waals surface area contributed by atoms with Crippen molar-refractivity contribution >= 4 is 44.1 Å². The number of hydrogen-bond acceptors (Lipinski definition) is 4. The molecule has 0 saturated heterocycles. The van der Waals surface area contributed by atoms with Gasteiger partial charge in [0.1, 0.15) is 17.1 Å². The standard InChI is InChI=1S/C21H15BrClN5O/c1-12-4-6-28-18(20(12)29-15-8-13(22)7-14(23)9-15)11-25-19(28)10-17-16-3-2-5-24-21(16)27-26-17/h2-9,11H,10H2,1H3,(H,24,26,27). The predicted octanol–water partition coefficient (Wildman–Crippen LogP) is 5.71. The molecule has 8 heteroatoms. The Morgan fingerprint density at radius 1 is 1.21 bits per heavy atom. The van der Waals surface area contributed by atoms with Crippen LogP contribution in [-0.4, -0.2) is 24.6 Å². The maximum Gasteiger partial charge on any atom is 0.155 e. The molecular formula is C21H15BrClN5O. The molecule has 0 amide bonds. The number of imidazole rings is 1. The van der Waals surface area contributed by atoms with Gasteiger partial charge in [-0.25, -0.2) is 9.97 Å². The zero-order valence-corrected chi connectivity index (χ0v) is 17.7. The van der Waals surface area contributed by atoms with Crippen molar-refractivity contribution in [1.29, 1.82) is 0 Å². The number of H-pyrrole nitrogens is 1. The van der Waals surface area contributed by atoms with Crippen molar-refractivity contribution in [3.63, 3.8) is 0 Å². The molecule has 5 aromatic rings. The van der Waals surface area contributed by atoms with Gasteiger partial charge in [-0.2, -0.15) is 5.10 Å². The second kappa shape index (κ2) is 7.17. The molecule has 4 heterocycles. The molecule has 0 unspecified atom stereocenters. The summed E-state index contributed by atoms with van der Waals surface area (Å²) in [6, 6.07) is 11.4. The first kappa shape index (κ1) is 18.1. The minimum absolute atomic E-state index is 0.574. The van der Waals surface area contributed by atoms with E-state index in [1.54, 1.807) is 12.3 Å². The normalized spacial score (nSPS) is 11.4. The molecule has 1 aromatic carbocycles. The highest BCUT2D eigenvalue weighted by molar-refractivity contribution is 9.10. The Morgan fingerprint density at radius 2 is 2.10 bits per heavy atom. The van der Waals surface area contributed by atoms with E-state index in [-0.39, 0.29) is 0 Å². The van der Waals surface area contributed by atoms with Crippen molar-refractivity contribution in [3.8, 4) is 11.5 Å². The van der Waals surface area contributed by atoms with Gasteiger partial charge in [0.05, 0.1) is 18.3 Å². The van der Waals surface area contributed by atoms with Crippen molar-refractivity contribution in [2.75, 3.05) is 0 Å². The van der Waals surface area contributed by atoms with Crippen LogP contribution >= 0.6 is 27.5 Å². The molecule has 0 saturated carbocycles. The predicted molar refractivity (Wildman–Crippen MR) is 116 cm³/mol. The summed E-state index contributed by atoms with van der Waals surface area (Å²) in [6.07, 6.45) is 6.14. The van der Waals surface area contributed by atoms with Crippen LogP contribution in [0.1, 0.15) is 17.1 Å². The van der Waals surface area contributed by atoms with E-state index in [1.165, 1.54) is 0 Å². The number of benzene rings is 1. The van der Waals surface area contributed by atoms with Gasteiger partial charge in [-0.1, -0.05) is 27.5 Å². The SMILES string of the molecule is Cc1ccn2c(Cc3n[nH]c4ncccc34)ncc2c1Oc1cc(Cl)cc(Br)c1. The molecule has 0 bridgehead atoms. The first-order valence-corrected chi connectivity index (χ1v) is 10.1. The Kier molecular flexibility index (Phi) is 4.49. The zero-order valence-electron chi connectivity index (χ0n) is 15.4. The van der Waals surface area contributed by atoms with Crippen LogP contribution in [0.4, 0.5) is 0 Å². The number of nitrogens with zero attached hydrogens (tertiary/aromatic N) is 4. The maximum atomic E-state index is 6.20. The molecule has 0 aliphatic carbocycles. The number of hydrogen-bond donors (Lipinski definition) is 1. The minimum Gasteiger partial charge on any atom is -0.455 e. The molecule has 0 spiro atoms. The van der Waals surface area contributed by atoms with Crippen molar-refractivity contribution in [3.05, 3.63) is 81.6 Å². The lowest BCUT2D eigenvalue weighted by Gasteiger charge is -2.12. The highest BCUT2D eigenvalue weighted by Gasteiger charge is 2.15. The fourth-order valence-electron chi connectivity index (χ4n) is 3.36. The van der Waals surface area contributed by atoms with Gasteiger partial charge >= 0.3 is 0 Å². The third kappa shape index (κ3) is 3.36. The number of ether oxygens (including phenoxy) is 1. The average Bonchev–Trinajstić information content (AvgIpc) is 3.28. The molecule has 0 radical (unpaired) electrons. The Morgan fingerprint density at radius 3 is 2.97 bits per heavy atom. The summed E-state index contributed by atoms with van der Waals surface area (Å²) < 4.78 is 9.08. The summed E-state index contributed by atoms with van der Waals surface area (Å²) in [4.78, 5) is 8.93. The van der Waals surface area contributed by atoms with Gasteiger partial charge in [-0.05, 0) is 48.9 Å².